The Morgan fingerprint density at radius 2 is 2.04 bits per heavy atom. The van der Waals surface area contributed by atoms with Crippen LogP contribution in [0.5, 0.6) is 0 Å². The number of rotatable bonds is 4. The van der Waals surface area contributed by atoms with E-state index in [-0.39, 0.29) is 5.82 Å². The lowest BCUT2D eigenvalue weighted by atomic mass is 10.1. The van der Waals surface area contributed by atoms with E-state index in [1.807, 2.05) is 12.3 Å². The van der Waals surface area contributed by atoms with Crippen LogP contribution in [-0.2, 0) is 19.5 Å². The van der Waals surface area contributed by atoms with Gasteiger partial charge in [0.05, 0.1) is 11.4 Å². The van der Waals surface area contributed by atoms with Gasteiger partial charge in [-0.2, -0.15) is 0 Å². The maximum absolute atomic E-state index is 13.8. The molecule has 0 amide bonds. The first-order chi connectivity index (χ1) is 12.7. The fourth-order valence-corrected chi connectivity index (χ4v) is 3.59. The normalized spacial score (nSPS) is 14.1. The zero-order valence-electron chi connectivity index (χ0n) is 14.1. The van der Waals surface area contributed by atoms with Gasteiger partial charge in [0.2, 0.25) is 5.95 Å². The van der Waals surface area contributed by atoms with Gasteiger partial charge in [0.25, 0.3) is 0 Å². The van der Waals surface area contributed by atoms with Crippen molar-refractivity contribution < 1.29 is 4.39 Å². The van der Waals surface area contributed by atoms with Crippen molar-refractivity contribution in [2.45, 2.75) is 19.5 Å². The van der Waals surface area contributed by atoms with E-state index in [2.05, 4.69) is 54.3 Å². The summed E-state index contributed by atoms with van der Waals surface area (Å²) in [6, 6.07) is 14.9. The van der Waals surface area contributed by atoms with Gasteiger partial charge in [-0.3, -0.25) is 4.90 Å². The van der Waals surface area contributed by atoms with Gasteiger partial charge >= 0.3 is 0 Å². The summed E-state index contributed by atoms with van der Waals surface area (Å²) in [6.45, 7) is 2.66. The Kier molecular flexibility index (Phi) is 4.95. The number of aromatic nitrogens is 2. The molecule has 0 unspecified atom stereocenters. The van der Waals surface area contributed by atoms with Crippen LogP contribution >= 0.6 is 15.9 Å². The molecular formula is C20H18BrFN4. The van der Waals surface area contributed by atoms with Crippen molar-refractivity contribution in [3.8, 4) is 0 Å². The fraction of sp³-hybridized carbons (Fsp3) is 0.200. The van der Waals surface area contributed by atoms with Gasteiger partial charge in [-0.05, 0) is 29.8 Å². The van der Waals surface area contributed by atoms with Gasteiger partial charge in [0.1, 0.15) is 5.82 Å². The second-order valence-electron chi connectivity index (χ2n) is 6.36. The summed E-state index contributed by atoms with van der Waals surface area (Å²) < 4.78 is 14.9. The Bertz CT molecular complexity index is 931. The molecule has 132 valence electrons. The molecule has 6 heteroatoms. The standard InChI is InChI=1S/C20H18BrFN4/c21-16-5-3-4-14(10-16)12-26-9-8-18-15(13-26)11-23-20(24-18)25-19-7-2-1-6-17(19)22/h1-7,10-11H,8-9,12-13H2,(H,23,24,25). The van der Waals surface area contributed by atoms with Crippen LogP contribution in [0.1, 0.15) is 16.8 Å². The number of anilines is 2. The summed E-state index contributed by atoms with van der Waals surface area (Å²) in [6.07, 6.45) is 2.70. The zero-order valence-corrected chi connectivity index (χ0v) is 15.7. The lowest BCUT2D eigenvalue weighted by molar-refractivity contribution is 0.243. The monoisotopic (exact) mass is 412 g/mol. The summed E-state index contributed by atoms with van der Waals surface area (Å²) in [5, 5.41) is 2.96. The fourth-order valence-electron chi connectivity index (χ4n) is 3.15. The Hall–Kier alpha value is -2.31. The highest BCUT2D eigenvalue weighted by molar-refractivity contribution is 9.10. The molecular weight excluding hydrogens is 395 g/mol. The van der Waals surface area contributed by atoms with E-state index < -0.39 is 0 Å². The van der Waals surface area contributed by atoms with Crippen LogP contribution in [0.2, 0.25) is 0 Å². The van der Waals surface area contributed by atoms with Crippen LogP contribution in [-0.4, -0.2) is 21.4 Å². The van der Waals surface area contributed by atoms with E-state index in [1.165, 1.54) is 11.6 Å². The molecule has 3 aromatic rings. The van der Waals surface area contributed by atoms with Crippen LogP contribution in [0, 0.1) is 5.82 Å². The Morgan fingerprint density at radius 1 is 1.15 bits per heavy atom. The highest BCUT2D eigenvalue weighted by Crippen LogP contribution is 2.22. The van der Waals surface area contributed by atoms with Gasteiger partial charge in [-0.25, -0.2) is 14.4 Å². The molecule has 26 heavy (non-hydrogen) atoms. The molecule has 0 saturated heterocycles. The van der Waals surface area contributed by atoms with E-state index in [0.29, 0.717) is 11.6 Å². The summed E-state index contributed by atoms with van der Waals surface area (Å²) in [5.41, 5.74) is 3.83. The predicted octanol–water partition coefficient (Wildman–Crippen LogP) is 4.68. The Morgan fingerprint density at radius 3 is 2.88 bits per heavy atom. The van der Waals surface area contributed by atoms with Crippen molar-refractivity contribution >= 4 is 27.6 Å². The Labute approximate surface area is 160 Å². The molecule has 1 aromatic heterocycles. The van der Waals surface area contributed by atoms with E-state index in [4.69, 9.17) is 0 Å². The number of para-hydroxylation sites is 1. The number of nitrogens with zero attached hydrogens (tertiary/aromatic N) is 3. The molecule has 0 aliphatic carbocycles. The van der Waals surface area contributed by atoms with Crippen LogP contribution < -0.4 is 5.32 Å². The topological polar surface area (TPSA) is 41.1 Å². The number of hydrogen-bond acceptors (Lipinski definition) is 4. The second-order valence-corrected chi connectivity index (χ2v) is 7.28. The largest absolute Gasteiger partial charge is 0.322 e. The summed E-state index contributed by atoms with van der Waals surface area (Å²) in [5.74, 6) is 0.128. The van der Waals surface area contributed by atoms with E-state index >= 15 is 0 Å². The minimum Gasteiger partial charge on any atom is -0.322 e. The molecule has 0 fully saturated rings. The van der Waals surface area contributed by atoms with Crippen LogP contribution in [0.4, 0.5) is 16.0 Å². The van der Waals surface area contributed by atoms with E-state index in [0.717, 1.165) is 41.8 Å². The van der Waals surface area contributed by atoms with Crippen LogP contribution in [0.3, 0.4) is 0 Å². The number of halogens is 2. The molecule has 0 atom stereocenters. The third-order valence-electron chi connectivity index (χ3n) is 4.43. The maximum atomic E-state index is 13.8. The number of fused-ring (bicyclic) bond motifs is 1. The minimum absolute atomic E-state index is 0.311. The van der Waals surface area contributed by atoms with Gasteiger partial charge < -0.3 is 5.32 Å². The highest BCUT2D eigenvalue weighted by atomic mass is 79.9. The van der Waals surface area contributed by atoms with Crippen molar-refractivity contribution in [2.75, 3.05) is 11.9 Å². The summed E-state index contributed by atoms with van der Waals surface area (Å²) in [7, 11) is 0. The first kappa shape index (κ1) is 17.1. The zero-order chi connectivity index (χ0) is 17.9. The third-order valence-corrected chi connectivity index (χ3v) is 4.92. The molecule has 4 nitrogen and oxygen atoms in total. The van der Waals surface area contributed by atoms with Crippen molar-refractivity contribution in [1.29, 1.82) is 0 Å². The van der Waals surface area contributed by atoms with E-state index in [9.17, 15) is 4.39 Å². The maximum Gasteiger partial charge on any atom is 0.227 e. The molecule has 1 N–H and O–H groups in total. The quantitative estimate of drug-likeness (QED) is 0.675. The lowest BCUT2D eigenvalue weighted by Crippen LogP contribution is -2.31. The molecule has 0 bridgehead atoms. The predicted molar refractivity (Wildman–Crippen MR) is 104 cm³/mol. The highest BCUT2D eigenvalue weighted by Gasteiger charge is 2.19. The molecule has 0 saturated carbocycles. The van der Waals surface area contributed by atoms with Crippen molar-refractivity contribution in [1.82, 2.24) is 14.9 Å². The van der Waals surface area contributed by atoms with Crippen LogP contribution in [0.25, 0.3) is 0 Å². The number of hydrogen-bond donors (Lipinski definition) is 1. The number of nitrogens with one attached hydrogen (secondary N) is 1. The van der Waals surface area contributed by atoms with Gasteiger partial charge in [-0.1, -0.05) is 40.2 Å². The van der Waals surface area contributed by atoms with Gasteiger partial charge in [-0.15, -0.1) is 0 Å². The third kappa shape index (κ3) is 3.92. The molecule has 2 heterocycles. The molecule has 1 aliphatic heterocycles. The van der Waals surface area contributed by atoms with Crippen molar-refractivity contribution in [2.24, 2.45) is 0 Å². The first-order valence-electron chi connectivity index (χ1n) is 8.50. The van der Waals surface area contributed by atoms with Crippen molar-refractivity contribution in [3.63, 3.8) is 0 Å². The molecule has 0 spiro atoms. The van der Waals surface area contributed by atoms with Crippen LogP contribution in [0.15, 0.2) is 59.2 Å². The summed E-state index contributed by atoms with van der Waals surface area (Å²) in [4.78, 5) is 11.3. The average Bonchev–Trinajstić information content (AvgIpc) is 2.64. The molecule has 4 rings (SSSR count). The second kappa shape index (κ2) is 7.51. The number of benzene rings is 2. The van der Waals surface area contributed by atoms with Crippen molar-refractivity contribution in [3.05, 3.63) is 81.8 Å². The van der Waals surface area contributed by atoms with E-state index in [1.54, 1.807) is 18.2 Å². The summed E-state index contributed by atoms with van der Waals surface area (Å²) >= 11 is 3.52. The van der Waals surface area contributed by atoms with Gasteiger partial charge in [0, 0.05) is 42.3 Å². The molecule has 1 aliphatic rings. The Balaban J connectivity index is 1.46. The van der Waals surface area contributed by atoms with Gasteiger partial charge in [0.15, 0.2) is 0 Å². The SMILES string of the molecule is Fc1ccccc1Nc1ncc2c(n1)CCN(Cc1cccc(Br)c1)C2. The smallest absolute Gasteiger partial charge is 0.227 e. The molecule has 2 aromatic carbocycles. The first-order valence-corrected chi connectivity index (χ1v) is 9.30. The lowest BCUT2D eigenvalue weighted by Gasteiger charge is -2.28. The molecule has 0 radical (unpaired) electrons. The minimum atomic E-state index is -0.311. The average molecular weight is 413 g/mol.